The summed E-state index contributed by atoms with van der Waals surface area (Å²) in [5.41, 5.74) is 6.46. The zero-order valence-corrected chi connectivity index (χ0v) is 11.8. The van der Waals surface area contributed by atoms with Gasteiger partial charge in [0, 0.05) is 11.2 Å². The van der Waals surface area contributed by atoms with Gasteiger partial charge < -0.3 is 5.73 Å². The van der Waals surface area contributed by atoms with Gasteiger partial charge >= 0.3 is 0 Å². The molecule has 102 valence electrons. The number of hydrogen-bond acceptors (Lipinski definition) is 5. The monoisotopic (exact) mass is 307 g/mol. The number of halogens is 1. The molecule has 2 aromatic rings. The van der Waals surface area contributed by atoms with Gasteiger partial charge in [0.2, 0.25) is 0 Å². The maximum atomic E-state index is 12.3. The number of nitrogens with zero attached hydrogens (tertiary/aromatic N) is 2. The maximum absolute atomic E-state index is 12.3. The Morgan fingerprint density at radius 2 is 2.05 bits per heavy atom. The van der Waals surface area contributed by atoms with Gasteiger partial charge in [-0.3, -0.25) is 0 Å². The minimum absolute atomic E-state index is 0.0136. The molecule has 0 aliphatic heterocycles. The number of aromatic nitrogens is 1. The number of nitrogens with two attached hydrogens (primary N) is 1. The fraction of sp³-hybridized carbons (Fsp3) is 0.0769. The lowest BCUT2D eigenvalue weighted by Crippen LogP contribution is -2.08. The van der Waals surface area contributed by atoms with E-state index in [0.717, 1.165) is 0 Å². The van der Waals surface area contributed by atoms with Crippen LogP contribution in [0.25, 0.3) is 0 Å². The molecule has 20 heavy (non-hydrogen) atoms. The van der Waals surface area contributed by atoms with Crippen LogP contribution in [-0.2, 0) is 15.6 Å². The Hall–Kier alpha value is -2.10. The van der Waals surface area contributed by atoms with Gasteiger partial charge in [0.1, 0.15) is 11.8 Å². The molecule has 1 aromatic heterocycles. The molecular formula is C13H10ClN3O2S. The fourth-order valence-electron chi connectivity index (χ4n) is 1.70. The molecule has 1 heterocycles. The third-order valence-electron chi connectivity index (χ3n) is 2.61. The summed E-state index contributed by atoms with van der Waals surface area (Å²) >= 11 is 5.80. The normalized spacial score (nSPS) is 11.0. The second kappa shape index (κ2) is 5.49. The minimum Gasteiger partial charge on any atom is -0.398 e. The highest BCUT2D eigenvalue weighted by molar-refractivity contribution is 7.90. The fourth-order valence-corrected chi connectivity index (χ4v) is 3.44. The van der Waals surface area contributed by atoms with E-state index in [2.05, 4.69) is 4.98 Å². The topological polar surface area (TPSA) is 96.8 Å². The highest BCUT2D eigenvalue weighted by Crippen LogP contribution is 2.25. The largest absolute Gasteiger partial charge is 0.398 e. The van der Waals surface area contributed by atoms with Gasteiger partial charge in [-0.25, -0.2) is 13.4 Å². The zero-order chi connectivity index (χ0) is 14.8. The summed E-state index contributed by atoms with van der Waals surface area (Å²) in [7, 11) is -3.64. The summed E-state index contributed by atoms with van der Waals surface area (Å²) in [5.74, 6) is -0.269. The molecule has 0 radical (unpaired) electrons. The van der Waals surface area contributed by atoms with Crippen molar-refractivity contribution in [2.75, 3.05) is 5.73 Å². The maximum Gasteiger partial charge on any atom is 0.184 e. The Balaban J connectivity index is 2.41. The summed E-state index contributed by atoms with van der Waals surface area (Å²) in [4.78, 5) is 3.78. The van der Waals surface area contributed by atoms with Crippen molar-refractivity contribution in [3.63, 3.8) is 0 Å². The van der Waals surface area contributed by atoms with E-state index in [0.29, 0.717) is 10.6 Å². The van der Waals surface area contributed by atoms with Crippen LogP contribution in [0.3, 0.4) is 0 Å². The average molecular weight is 308 g/mol. The van der Waals surface area contributed by atoms with E-state index in [1.165, 1.54) is 30.5 Å². The number of rotatable bonds is 3. The molecule has 0 aliphatic carbocycles. The van der Waals surface area contributed by atoms with E-state index in [1.807, 2.05) is 6.07 Å². The Kier molecular flexibility index (Phi) is 3.93. The molecule has 0 spiro atoms. The van der Waals surface area contributed by atoms with Crippen LogP contribution in [0, 0.1) is 11.3 Å². The molecule has 0 bridgehead atoms. The predicted octanol–water partition coefficient (Wildman–Crippen LogP) is 2.16. The van der Waals surface area contributed by atoms with Crippen molar-refractivity contribution in [3.8, 4) is 6.07 Å². The number of nitrogen functional groups attached to an aromatic ring is 1. The summed E-state index contributed by atoms with van der Waals surface area (Å²) in [5, 5.41) is 9.06. The number of nitriles is 1. The predicted molar refractivity (Wildman–Crippen MR) is 75.7 cm³/mol. The second-order valence-electron chi connectivity index (χ2n) is 4.10. The molecule has 1 aromatic carbocycles. The van der Waals surface area contributed by atoms with Crippen LogP contribution in [-0.4, -0.2) is 13.4 Å². The highest BCUT2D eigenvalue weighted by atomic mass is 35.5. The molecule has 0 amide bonds. The van der Waals surface area contributed by atoms with E-state index in [-0.39, 0.29) is 22.0 Å². The van der Waals surface area contributed by atoms with E-state index >= 15 is 0 Å². The smallest absolute Gasteiger partial charge is 0.184 e. The molecule has 0 unspecified atom stereocenters. The highest BCUT2D eigenvalue weighted by Gasteiger charge is 2.19. The second-order valence-corrected chi connectivity index (χ2v) is 6.50. The van der Waals surface area contributed by atoms with Crippen molar-refractivity contribution >= 4 is 27.1 Å². The first-order valence-corrected chi connectivity index (χ1v) is 7.58. The van der Waals surface area contributed by atoms with Crippen LogP contribution >= 0.6 is 11.6 Å². The lowest BCUT2D eigenvalue weighted by Gasteiger charge is -2.08. The standard InChI is InChI=1S/C13H10ClN3O2S/c14-10-1-2-12(16)13(6-10)20(18,19)8-9-3-4-17-11(5-9)7-15/h1-6H,8,16H2. The summed E-state index contributed by atoms with van der Waals surface area (Å²) < 4.78 is 24.7. The first-order valence-electron chi connectivity index (χ1n) is 5.55. The number of pyridine rings is 1. The molecule has 2 rings (SSSR count). The quantitative estimate of drug-likeness (QED) is 0.876. The minimum atomic E-state index is -3.64. The Morgan fingerprint density at radius 3 is 2.75 bits per heavy atom. The van der Waals surface area contributed by atoms with Gasteiger partial charge in [0.25, 0.3) is 0 Å². The van der Waals surface area contributed by atoms with Crippen LogP contribution in [0.4, 0.5) is 5.69 Å². The zero-order valence-electron chi connectivity index (χ0n) is 10.2. The van der Waals surface area contributed by atoms with Gasteiger partial charge in [-0.2, -0.15) is 5.26 Å². The van der Waals surface area contributed by atoms with Crippen molar-refractivity contribution in [2.45, 2.75) is 10.6 Å². The summed E-state index contributed by atoms with van der Waals surface area (Å²) in [6.45, 7) is 0. The molecule has 0 atom stereocenters. The van der Waals surface area contributed by atoms with Crippen LogP contribution in [0.2, 0.25) is 5.02 Å². The molecule has 5 nitrogen and oxygen atoms in total. The third-order valence-corrected chi connectivity index (χ3v) is 4.58. The van der Waals surface area contributed by atoms with Gasteiger partial charge in [-0.05, 0) is 35.9 Å². The molecular weight excluding hydrogens is 298 g/mol. The summed E-state index contributed by atoms with van der Waals surface area (Å²) in [6.07, 6.45) is 1.39. The SMILES string of the molecule is N#Cc1cc(CS(=O)(=O)c2cc(Cl)ccc2N)ccn1. The van der Waals surface area contributed by atoms with Gasteiger partial charge in [0.15, 0.2) is 9.84 Å². The van der Waals surface area contributed by atoms with E-state index < -0.39 is 9.84 Å². The molecule has 0 saturated carbocycles. The molecule has 2 N–H and O–H groups in total. The Morgan fingerprint density at radius 1 is 1.30 bits per heavy atom. The molecule has 0 aliphatic rings. The number of sulfone groups is 1. The van der Waals surface area contributed by atoms with Crippen LogP contribution in [0.1, 0.15) is 11.3 Å². The van der Waals surface area contributed by atoms with E-state index in [9.17, 15) is 8.42 Å². The first kappa shape index (κ1) is 14.3. The Bertz CT molecular complexity index is 798. The number of hydrogen-bond donors (Lipinski definition) is 1. The summed E-state index contributed by atoms with van der Waals surface area (Å²) in [6, 6.07) is 9.12. The first-order chi connectivity index (χ1) is 9.42. The van der Waals surface area contributed by atoms with Crippen molar-refractivity contribution in [2.24, 2.45) is 0 Å². The third kappa shape index (κ3) is 3.07. The van der Waals surface area contributed by atoms with Crippen molar-refractivity contribution in [1.82, 2.24) is 4.98 Å². The average Bonchev–Trinajstić information content (AvgIpc) is 2.41. The lowest BCUT2D eigenvalue weighted by atomic mass is 10.2. The Labute approximate surface area is 121 Å². The van der Waals surface area contributed by atoms with E-state index in [4.69, 9.17) is 22.6 Å². The lowest BCUT2D eigenvalue weighted by molar-refractivity contribution is 0.595. The van der Waals surface area contributed by atoms with Crippen molar-refractivity contribution in [3.05, 3.63) is 52.8 Å². The van der Waals surface area contributed by atoms with Crippen LogP contribution in [0.5, 0.6) is 0 Å². The molecule has 7 heteroatoms. The number of benzene rings is 1. The van der Waals surface area contributed by atoms with Gasteiger partial charge in [-0.1, -0.05) is 11.6 Å². The van der Waals surface area contributed by atoms with Crippen molar-refractivity contribution in [1.29, 1.82) is 5.26 Å². The van der Waals surface area contributed by atoms with Crippen LogP contribution < -0.4 is 5.73 Å². The van der Waals surface area contributed by atoms with E-state index in [1.54, 1.807) is 6.07 Å². The molecule has 0 fully saturated rings. The van der Waals surface area contributed by atoms with Gasteiger partial charge in [-0.15, -0.1) is 0 Å². The molecule has 0 saturated heterocycles. The number of anilines is 1. The van der Waals surface area contributed by atoms with Crippen LogP contribution in [0.15, 0.2) is 41.4 Å². The van der Waals surface area contributed by atoms with Gasteiger partial charge in [0.05, 0.1) is 16.3 Å². The van der Waals surface area contributed by atoms with Crippen molar-refractivity contribution < 1.29 is 8.42 Å².